The predicted octanol–water partition coefficient (Wildman–Crippen LogP) is 3.64. The molecule has 1 spiro atoms. The number of benzene rings is 1. The summed E-state index contributed by atoms with van der Waals surface area (Å²) in [5.41, 5.74) is 1.08. The van der Waals surface area contributed by atoms with Crippen molar-refractivity contribution in [3.8, 4) is 0 Å². The number of hydrogen-bond acceptors (Lipinski definition) is 3. The minimum Gasteiger partial charge on any atom is -0.325 e. The van der Waals surface area contributed by atoms with Crippen LogP contribution in [0, 0.1) is 5.92 Å². The van der Waals surface area contributed by atoms with Gasteiger partial charge in [-0.25, -0.2) is 4.79 Å². The van der Waals surface area contributed by atoms with Gasteiger partial charge in [-0.3, -0.25) is 14.5 Å². The zero-order valence-electron chi connectivity index (χ0n) is 16.4. The van der Waals surface area contributed by atoms with Crippen molar-refractivity contribution >= 4 is 23.5 Å². The molecule has 6 heteroatoms. The first-order chi connectivity index (χ1) is 12.8. The van der Waals surface area contributed by atoms with Crippen molar-refractivity contribution in [1.82, 2.24) is 10.2 Å². The van der Waals surface area contributed by atoms with Crippen LogP contribution in [0.2, 0.25) is 0 Å². The first kappa shape index (κ1) is 19.4. The van der Waals surface area contributed by atoms with Crippen LogP contribution >= 0.6 is 0 Å². The molecule has 1 aliphatic heterocycles. The average Bonchev–Trinajstić information content (AvgIpc) is 2.88. The number of carbonyl (C=O) groups excluding carboxylic acids is 3. The fraction of sp³-hybridized carbons (Fsp3) is 0.571. The summed E-state index contributed by atoms with van der Waals surface area (Å²) in [6.45, 7) is 6.20. The van der Waals surface area contributed by atoms with Gasteiger partial charge in [-0.15, -0.1) is 0 Å². The van der Waals surface area contributed by atoms with E-state index in [9.17, 15) is 14.4 Å². The van der Waals surface area contributed by atoms with Gasteiger partial charge < -0.3 is 10.6 Å². The number of hydrogen-bond donors (Lipinski definition) is 2. The Morgan fingerprint density at radius 1 is 1.26 bits per heavy atom. The summed E-state index contributed by atoms with van der Waals surface area (Å²) < 4.78 is 0. The summed E-state index contributed by atoms with van der Waals surface area (Å²) >= 11 is 0. The van der Waals surface area contributed by atoms with Gasteiger partial charge in [0.1, 0.15) is 12.1 Å². The van der Waals surface area contributed by atoms with Crippen LogP contribution in [0.25, 0.3) is 0 Å². The molecule has 0 bridgehead atoms. The molecule has 0 aromatic heterocycles. The smallest absolute Gasteiger partial charge is 0.325 e. The van der Waals surface area contributed by atoms with E-state index in [1.807, 2.05) is 24.3 Å². The molecule has 1 atom stereocenters. The molecule has 146 valence electrons. The Balaban J connectivity index is 1.60. The second-order valence-electron chi connectivity index (χ2n) is 8.07. The molecule has 2 fully saturated rings. The lowest BCUT2D eigenvalue weighted by Crippen LogP contribution is -2.49. The van der Waals surface area contributed by atoms with Crippen LogP contribution in [-0.4, -0.2) is 34.8 Å². The van der Waals surface area contributed by atoms with Crippen LogP contribution in [-0.2, 0) is 9.59 Å². The van der Waals surface area contributed by atoms with E-state index in [4.69, 9.17) is 0 Å². The van der Waals surface area contributed by atoms with Crippen LogP contribution in [0.3, 0.4) is 0 Å². The van der Waals surface area contributed by atoms with E-state index in [0.29, 0.717) is 30.4 Å². The third-order valence-corrected chi connectivity index (χ3v) is 6.05. The van der Waals surface area contributed by atoms with Gasteiger partial charge >= 0.3 is 6.03 Å². The molecule has 1 heterocycles. The molecule has 1 unspecified atom stereocenters. The maximum Gasteiger partial charge on any atom is 0.325 e. The van der Waals surface area contributed by atoms with Crippen molar-refractivity contribution in [2.75, 3.05) is 11.9 Å². The number of nitrogens with zero attached hydrogens (tertiary/aromatic N) is 1. The Morgan fingerprint density at radius 3 is 2.48 bits per heavy atom. The monoisotopic (exact) mass is 371 g/mol. The largest absolute Gasteiger partial charge is 0.325 e. The van der Waals surface area contributed by atoms with Crippen LogP contribution < -0.4 is 10.6 Å². The Labute approximate surface area is 160 Å². The van der Waals surface area contributed by atoms with Crippen molar-refractivity contribution in [3.05, 3.63) is 29.8 Å². The van der Waals surface area contributed by atoms with E-state index in [0.717, 1.165) is 24.2 Å². The van der Waals surface area contributed by atoms with Gasteiger partial charge in [-0.1, -0.05) is 32.9 Å². The third kappa shape index (κ3) is 3.99. The predicted molar refractivity (Wildman–Crippen MR) is 104 cm³/mol. The summed E-state index contributed by atoms with van der Waals surface area (Å²) in [7, 11) is 0. The standard InChI is InChI=1S/C21H29N3O3/c1-4-15(3)16-5-7-17(8-6-16)22-18(25)13-24-19(26)21(23-20(24)27)11-9-14(2)10-12-21/h5-8,14-15H,4,9-13H2,1-3H3,(H,22,25)(H,23,27). The number of imide groups is 1. The minimum absolute atomic E-state index is 0.255. The van der Waals surface area contributed by atoms with E-state index in [1.165, 1.54) is 5.56 Å². The highest BCUT2D eigenvalue weighted by Gasteiger charge is 2.52. The van der Waals surface area contributed by atoms with Crippen molar-refractivity contribution in [2.24, 2.45) is 5.92 Å². The fourth-order valence-corrected chi connectivity index (χ4v) is 3.89. The first-order valence-corrected chi connectivity index (χ1v) is 9.88. The van der Waals surface area contributed by atoms with Gasteiger partial charge in [-0.2, -0.15) is 0 Å². The molecular formula is C21H29N3O3. The molecular weight excluding hydrogens is 342 g/mol. The van der Waals surface area contributed by atoms with Gasteiger partial charge in [0.25, 0.3) is 5.91 Å². The van der Waals surface area contributed by atoms with Gasteiger partial charge in [0.15, 0.2) is 0 Å². The molecule has 2 N–H and O–H groups in total. The molecule has 1 aromatic rings. The lowest BCUT2D eigenvalue weighted by Gasteiger charge is -2.33. The Kier molecular flexibility index (Phi) is 5.53. The maximum absolute atomic E-state index is 12.8. The summed E-state index contributed by atoms with van der Waals surface area (Å²) in [6, 6.07) is 7.24. The molecule has 1 saturated heterocycles. The summed E-state index contributed by atoms with van der Waals surface area (Å²) in [5, 5.41) is 5.62. The third-order valence-electron chi connectivity index (χ3n) is 6.05. The lowest BCUT2D eigenvalue weighted by molar-refractivity contribution is -0.135. The zero-order chi connectivity index (χ0) is 19.6. The topological polar surface area (TPSA) is 78.5 Å². The molecule has 2 aliphatic rings. The highest BCUT2D eigenvalue weighted by Crippen LogP contribution is 2.36. The highest BCUT2D eigenvalue weighted by atomic mass is 16.2. The van der Waals surface area contributed by atoms with Crippen LogP contribution in [0.5, 0.6) is 0 Å². The molecule has 6 nitrogen and oxygen atoms in total. The minimum atomic E-state index is -0.804. The summed E-state index contributed by atoms with van der Waals surface area (Å²) in [5.74, 6) is 0.406. The normalized spacial score (nSPS) is 26.2. The molecule has 1 saturated carbocycles. The number of nitrogens with one attached hydrogen (secondary N) is 2. The van der Waals surface area contributed by atoms with Crippen LogP contribution in [0.15, 0.2) is 24.3 Å². The van der Waals surface area contributed by atoms with Crippen LogP contribution in [0.4, 0.5) is 10.5 Å². The molecule has 1 aliphatic carbocycles. The van der Waals surface area contributed by atoms with E-state index in [-0.39, 0.29) is 18.4 Å². The Hall–Kier alpha value is -2.37. The van der Waals surface area contributed by atoms with Gasteiger partial charge in [-0.05, 0) is 61.6 Å². The number of anilines is 1. The first-order valence-electron chi connectivity index (χ1n) is 9.88. The molecule has 0 radical (unpaired) electrons. The number of carbonyl (C=O) groups is 3. The SMILES string of the molecule is CCC(C)c1ccc(NC(=O)CN2C(=O)NC3(CCC(C)CC3)C2=O)cc1. The van der Waals surface area contributed by atoms with E-state index in [2.05, 4.69) is 31.4 Å². The van der Waals surface area contributed by atoms with Gasteiger partial charge in [0.05, 0.1) is 0 Å². The summed E-state index contributed by atoms with van der Waals surface area (Å²) in [6.07, 6.45) is 4.17. The van der Waals surface area contributed by atoms with Crippen molar-refractivity contribution in [3.63, 3.8) is 0 Å². The van der Waals surface area contributed by atoms with Crippen molar-refractivity contribution in [1.29, 1.82) is 0 Å². The maximum atomic E-state index is 12.8. The van der Waals surface area contributed by atoms with E-state index >= 15 is 0 Å². The second-order valence-corrected chi connectivity index (χ2v) is 8.07. The second kappa shape index (κ2) is 7.71. The average molecular weight is 371 g/mol. The van der Waals surface area contributed by atoms with E-state index in [1.54, 1.807) is 0 Å². The van der Waals surface area contributed by atoms with Crippen molar-refractivity contribution in [2.45, 2.75) is 64.3 Å². The van der Waals surface area contributed by atoms with E-state index < -0.39 is 11.6 Å². The quantitative estimate of drug-likeness (QED) is 0.776. The van der Waals surface area contributed by atoms with Gasteiger partial charge in [0, 0.05) is 5.69 Å². The Bertz CT molecular complexity index is 721. The number of amides is 4. The zero-order valence-corrected chi connectivity index (χ0v) is 16.4. The molecule has 1 aromatic carbocycles. The number of urea groups is 1. The van der Waals surface area contributed by atoms with Gasteiger partial charge in [0.2, 0.25) is 5.91 Å². The number of rotatable bonds is 5. The molecule has 4 amide bonds. The highest BCUT2D eigenvalue weighted by molar-refractivity contribution is 6.10. The fourth-order valence-electron chi connectivity index (χ4n) is 3.89. The van der Waals surface area contributed by atoms with Crippen LogP contribution in [0.1, 0.15) is 64.4 Å². The van der Waals surface area contributed by atoms with Crippen molar-refractivity contribution < 1.29 is 14.4 Å². The summed E-state index contributed by atoms with van der Waals surface area (Å²) in [4.78, 5) is 38.5. The Morgan fingerprint density at radius 2 is 1.89 bits per heavy atom. The lowest BCUT2D eigenvalue weighted by atomic mass is 9.77. The molecule has 27 heavy (non-hydrogen) atoms. The molecule has 3 rings (SSSR count).